The minimum atomic E-state index is -0.305. The van der Waals surface area contributed by atoms with E-state index in [0.29, 0.717) is 44.8 Å². The molecule has 4 heterocycles. The van der Waals surface area contributed by atoms with Gasteiger partial charge in [-0.1, -0.05) is 11.3 Å². The smallest absolute Gasteiger partial charge is 0.228 e. The molecule has 2 aliphatic heterocycles. The van der Waals surface area contributed by atoms with Gasteiger partial charge in [-0.2, -0.15) is 0 Å². The number of aryl methyl sites for hydroxylation is 3. The molecular weight excluding hydrogens is 420 g/mol. The molecule has 0 spiro atoms. The maximum atomic E-state index is 13.2. The zero-order chi connectivity index (χ0) is 23.1. The summed E-state index contributed by atoms with van der Waals surface area (Å²) in [6.07, 6.45) is 1.80. The van der Waals surface area contributed by atoms with Gasteiger partial charge in [-0.25, -0.2) is 14.6 Å². The summed E-state index contributed by atoms with van der Waals surface area (Å²) in [6, 6.07) is 6.01. The first kappa shape index (κ1) is 21.3. The molecule has 0 unspecified atom stereocenters. The Kier molecular flexibility index (Phi) is 5.43. The zero-order valence-corrected chi connectivity index (χ0v) is 19.2. The molecule has 2 aliphatic rings. The molecule has 1 atom stereocenters. The van der Waals surface area contributed by atoms with Gasteiger partial charge in [0.1, 0.15) is 6.33 Å². The van der Waals surface area contributed by atoms with E-state index in [-0.39, 0.29) is 24.2 Å². The molecule has 0 N–H and O–H groups in total. The highest BCUT2D eigenvalue weighted by atomic mass is 16.2. The van der Waals surface area contributed by atoms with Crippen molar-refractivity contribution >= 4 is 34.5 Å². The first-order chi connectivity index (χ1) is 16.0. The van der Waals surface area contributed by atoms with E-state index < -0.39 is 0 Å². The van der Waals surface area contributed by atoms with Crippen LogP contribution < -0.4 is 9.80 Å². The van der Waals surface area contributed by atoms with Crippen molar-refractivity contribution in [1.29, 1.82) is 0 Å². The molecule has 2 aromatic heterocycles. The molecule has 0 radical (unpaired) electrons. The summed E-state index contributed by atoms with van der Waals surface area (Å²) in [5.74, 6) is 0.515. The molecule has 33 heavy (non-hydrogen) atoms. The fraction of sp³-hybridized carbons (Fsp3) is 0.478. The number of nitrogens with zero attached hydrogens (tertiary/aromatic N) is 8. The number of piperazine rings is 1. The first-order valence-electron chi connectivity index (χ1n) is 11.4. The van der Waals surface area contributed by atoms with Gasteiger partial charge < -0.3 is 14.7 Å². The third-order valence-corrected chi connectivity index (χ3v) is 6.75. The zero-order valence-electron chi connectivity index (χ0n) is 19.2. The van der Waals surface area contributed by atoms with Crippen LogP contribution in [-0.2, 0) is 16.1 Å². The molecule has 2 fully saturated rings. The lowest BCUT2D eigenvalue weighted by Gasteiger charge is -2.36. The minimum absolute atomic E-state index is 0.0117. The van der Waals surface area contributed by atoms with Crippen molar-refractivity contribution in [3.8, 4) is 0 Å². The van der Waals surface area contributed by atoms with Crippen molar-refractivity contribution in [2.24, 2.45) is 5.92 Å². The quantitative estimate of drug-likeness (QED) is 0.597. The first-order valence-corrected chi connectivity index (χ1v) is 11.4. The molecule has 2 saturated heterocycles. The van der Waals surface area contributed by atoms with Gasteiger partial charge in [0.25, 0.3) is 0 Å². The van der Waals surface area contributed by atoms with Crippen LogP contribution in [0.3, 0.4) is 0 Å². The Morgan fingerprint density at radius 1 is 1.09 bits per heavy atom. The molecular formula is C23H28N8O2. The molecule has 1 aromatic carbocycles. The Morgan fingerprint density at radius 3 is 2.61 bits per heavy atom. The molecule has 2 amide bonds. The molecule has 10 nitrogen and oxygen atoms in total. The maximum absolute atomic E-state index is 13.2. The second kappa shape index (κ2) is 8.42. The van der Waals surface area contributed by atoms with Gasteiger partial charge in [-0.15, -0.1) is 5.10 Å². The van der Waals surface area contributed by atoms with E-state index >= 15 is 0 Å². The van der Waals surface area contributed by atoms with Crippen LogP contribution in [0, 0.1) is 19.8 Å². The fourth-order valence-corrected chi connectivity index (χ4v) is 4.64. The highest BCUT2D eigenvalue weighted by Gasteiger charge is 2.38. The van der Waals surface area contributed by atoms with Gasteiger partial charge in [0.15, 0.2) is 17.0 Å². The number of anilines is 2. The molecule has 10 heteroatoms. The summed E-state index contributed by atoms with van der Waals surface area (Å²) in [6.45, 7) is 9.68. The predicted molar refractivity (Wildman–Crippen MR) is 124 cm³/mol. The summed E-state index contributed by atoms with van der Waals surface area (Å²) >= 11 is 0. The Morgan fingerprint density at radius 2 is 1.88 bits per heavy atom. The predicted octanol–water partition coefficient (Wildman–Crippen LogP) is 1.56. The highest BCUT2D eigenvalue weighted by Crippen LogP contribution is 2.29. The molecule has 172 valence electrons. The van der Waals surface area contributed by atoms with E-state index in [1.54, 1.807) is 9.58 Å². The van der Waals surface area contributed by atoms with Crippen molar-refractivity contribution < 1.29 is 9.59 Å². The van der Waals surface area contributed by atoms with Gasteiger partial charge >= 0.3 is 0 Å². The Bertz CT molecular complexity index is 1210. The number of aromatic nitrogens is 5. The third-order valence-electron chi connectivity index (χ3n) is 6.75. The van der Waals surface area contributed by atoms with Crippen LogP contribution in [0.25, 0.3) is 11.2 Å². The lowest BCUT2D eigenvalue weighted by Crippen LogP contribution is -2.51. The topological polar surface area (TPSA) is 100 Å². The van der Waals surface area contributed by atoms with Crippen LogP contribution in [0.5, 0.6) is 0 Å². The average molecular weight is 449 g/mol. The lowest BCUT2D eigenvalue weighted by molar-refractivity contribution is -0.136. The van der Waals surface area contributed by atoms with Crippen molar-refractivity contribution in [2.45, 2.75) is 33.7 Å². The Balaban J connectivity index is 1.24. The number of hydrogen-bond acceptors (Lipinski definition) is 7. The lowest BCUT2D eigenvalue weighted by atomic mass is 10.1. The van der Waals surface area contributed by atoms with Gasteiger partial charge in [0.05, 0.1) is 5.92 Å². The summed E-state index contributed by atoms with van der Waals surface area (Å²) in [4.78, 5) is 40.4. The number of hydrogen-bond donors (Lipinski definition) is 0. The number of benzene rings is 1. The van der Waals surface area contributed by atoms with Crippen molar-refractivity contribution in [2.75, 3.05) is 42.5 Å². The summed E-state index contributed by atoms with van der Waals surface area (Å²) < 4.78 is 1.75. The maximum Gasteiger partial charge on any atom is 0.228 e. The molecule has 0 saturated carbocycles. The summed E-state index contributed by atoms with van der Waals surface area (Å²) in [5, 5.41) is 8.41. The molecule has 0 bridgehead atoms. The molecule has 0 aliphatic carbocycles. The van der Waals surface area contributed by atoms with E-state index in [1.807, 2.05) is 36.9 Å². The monoisotopic (exact) mass is 448 g/mol. The Labute approximate surface area is 192 Å². The normalized spacial score (nSPS) is 19.1. The van der Waals surface area contributed by atoms with Gasteiger partial charge in [-0.3, -0.25) is 9.59 Å². The van der Waals surface area contributed by atoms with Crippen LogP contribution in [0.4, 0.5) is 11.5 Å². The minimum Gasteiger partial charge on any atom is -0.351 e. The number of amides is 2. The van der Waals surface area contributed by atoms with Crippen LogP contribution in [0.15, 0.2) is 24.5 Å². The molecule has 3 aromatic rings. The SMILES string of the molecule is CCn1nnc2c(N3CCN(C(=O)[C@H]4CC(=O)N(c5ccc(C)c(C)c5)C4)CC3)ncnc21. The van der Waals surface area contributed by atoms with Gasteiger partial charge in [0, 0.05) is 51.4 Å². The largest absolute Gasteiger partial charge is 0.351 e. The van der Waals surface area contributed by atoms with E-state index in [1.165, 1.54) is 11.9 Å². The number of carbonyl (C=O) groups excluding carboxylic acids is 2. The second-order valence-electron chi connectivity index (χ2n) is 8.76. The van der Waals surface area contributed by atoms with Crippen molar-refractivity contribution in [3.05, 3.63) is 35.7 Å². The van der Waals surface area contributed by atoms with Crippen molar-refractivity contribution in [3.63, 3.8) is 0 Å². The van der Waals surface area contributed by atoms with E-state index in [4.69, 9.17) is 0 Å². The standard InChI is InChI=1S/C23H28N8O2/c1-4-31-22-20(26-27-31)21(24-14-25-22)28-7-9-29(10-8-28)23(33)17-12-19(32)30(13-17)18-6-5-15(2)16(3)11-18/h5-6,11,14,17H,4,7-10,12-13H2,1-3H3/t17-/m0/s1. The van der Waals surface area contributed by atoms with E-state index in [9.17, 15) is 9.59 Å². The summed E-state index contributed by atoms with van der Waals surface area (Å²) in [5.41, 5.74) is 4.61. The van der Waals surface area contributed by atoms with Gasteiger partial charge in [-0.05, 0) is 44.0 Å². The van der Waals surface area contributed by atoms with Crippen LogP contribution in [0.1, 0.15) is 24.5 Å². The van der Waals surface area contributed by atoms with Crippen LogP contribution in [0.2, 0.25) is 0 Å². The van der Waals surface area contributed by atoms with Crippen LogP contribution >= 0.6 is 0 Å². The highest BCUT2D eigenvalue weighted by molar-refractivity contribution is 6.00. The second-order valence-corrected chi connectivity index (χ2v) is 8.76. The average Bonchev–Trinajstić information content (AvgIpc) is 3.44. The number of rotatable bonds is 4. The fourth-order valence-electron chi connectivity index (χ4n) is 4.64. The Hall–Kier alpha value is -3.56. The number of carbonyl (C=O) groups is 2. The van der Waals surface area contributed by atoms with E-state index in [2.05, 4.69) is 32.1 Å². The third kappa shape index (κ3) is 3.79. The molecule has 5 rings (SSSR count). The van der Waals surface area contributed by atoms with Crippen LogP contribution in [-0.4, -0.2) is 74.4 Å². The number of fused-ring (bicyclic) bond motifs is 1. The van der Waals surface area contributed by atoms with Crippen molar-refractivity contribution in [1.82, 2.24) is 29.9 Å². The summed E-state index contributed by atoms with van der Waals surface area (Å²) in [7, 11) is 0. The van der Waals surface area contributed by atoms with Gasteiger partial charge in [0.2, 0.25) is 11.8 Å². The van der Waals surface area contributed by atoms with E-state index in [0.717, 1.165) is 22.7 Å².